The van der Waals surface area contributed by atoms with Crippen molar-refractivity contribution in [1.82, 2.24) is 0 Å². The summed E-state index contributed by atoms with van der Waals surface area (Å²) in [5.41, 5.74) is 0.748. The molecular formula is C12H14O3. The fourth-order valence-corrected chi connectivity index (χ4v) is 1.12. The molecule has 3 heteroatoms. The predicted molar refractivity (Wildman–Crippen MR) is 57.2 cm³/mol. The van der Waals surface area contributed by atoms with E-state index in [2.05, 4.69) is 0 Å². The Morgan fingerprint density at radius 1 is 1.47 bits per heavy atom. The van der Waals surface area contributed by atoms with E-state index in [4.69, 9.17) is 4.74 Å². The standard InChI is InChI=1S/C12H14O3/c1-2-15-12(14)9-8-11(13)10-6-4-3-5-7-10/h3-9,11,13H,2H2,1H3/b9-8+/t11-/m1/s1. The summed E-state index contributed by atoms with van der Waals surface area (Å²) < 4.78 is 4.69. The number of ether oxygens (including phenoxy) is 1. The Kier molecular flexibility index (Phi) is 4.57. The second kappa shape index (κ2) is 5.98. The zero-order valence-electron chi connectivity index (χ0n) is 8.59. The molecule has 0 aliphatic rings. The molecule has 0 fully saturated rings. The van der Waals surface area contributed by atoms with Gasteiger partial charge in [0.05, 0.1) is 12.7 Å². The van der Waals surface area contributed by atoms with Crippen molar-refractivity contribution in [2.75, 3.05) is 6.61 Å². The largest absolute Gasteiger partial charge is 0.463 e. The average Bonchev–Trinajstić information content (AvgIpc) is 2.27. The van der Waals surface area contributed by atoms with Crippen LogP contribution in [-0.2, 0) is 9.53 Å². The SMILES string of the molecule is CCOC(=O)/C=C/[C@@H](O)c1ccccc1. The van der Waals surface area contributed by atoms with Crippen LogP contribution >= 0.6 is 0 Å². The molecule has 1 N–H and O–H groups in total. The van der Waals surface area contributed by atoms with Crippen LogP contribution in [0.25, 0.3) is 0 Å². The predicted octanol–water partition coefficient (Wildman–Crippen LogP) is 1.84. The smallest absolute Gasteiger partial charge is 0.330 e. The van der Waals surface area contributed by atoms with Gasteiger partial charge in [0, 0.05) is 6.08 Å². The third-order valence-electron chi connectivity index (χ3n) is 1.84. The Labute approximate surface area is 89.0 Å². The van der Waals surface area contributed by atoms with Crippen molar-refractivity contribution in [3.05, 3.63) is 48.0 Å². The van der Waals surface area contributed by atoms with Gasteiger partial charge >= 0.3 is 5.97 Å². The summed E-state index contributed by atoms with van der Waals surface area (Å²) in [5, 5.41) is 9.64. The van der Waals surface area contributed by atoms with E-state index in [1.165, 1.54) is 12.2 Å². The van der Waals surface area contributed by atoms with Gasteiger partial charge in [-0.2, -0.15) is 0 Å². The normalized spacial score (nSPS) is 12.7. The number of carbonyl (C=O) groups is 1. The van der Waals surface area contributed by atoms with Crippen molar-refractivity contribution in [3.8, 4) is 0 Å². The number of hydrogen-bond donors (Lipinski definition) is 1. The van der Waals surface area contributed by atoms with E-state index in [9.17, 15) is 9.90 Å². The number of esters is 1. The fourth-order valence-electron chi connectivity index (χ4n) is 1.12. The molecule has 1 rings (SSSR count). The summed E-state index contributed by atoms with van der Waals surface area (Å²) >= 11 is 0. The molecule has 0 aliphatic heterocycles. The number of aliphatic hydroxyl groups excluding tert-OH is 1. The Morgan fingerprint density at radius 2 is 2.13 bits per heavy atom. The maximum atomic E-state index is 11.0. The van der Waals surface area contributed by atoms with Gasteiger partial charge in [-0.25, -0.2) is 4.79 Å². The van der Waals surface area contributed by atoms with Gasteiger partial charge in [-0.05, 0) is 18.6 Å². The summed E-state index contributed by atoms with van der Waals surface area (Å²) in [6.07, 6.45) is 1.88. The highest BCUT2D eigenvalue weighted by Crippen LogP contribution is 2.12. The van der Waals surface area contributed by atoms with Crippen LogP contribution in [-0.4, -0.2) is 17.7 Å². The molecule has 0 heterocycles. The molecule has 15 heavy (non-hydrogen) atoms. The Hall–Kier alpha value is -1.61. The molecule has 1 aromatic carbocycles. The molecule has 3 nitrogen and oxygen atoms in total. The highest BCUT2D eigenvalue weighted by atomic mass is 16.5. The number of hydrogen-bond acceptors (Lipinski definition) is 3. The summed E-state index contributed by atoms with van der Waals surface area (Å²) in [4.78, 5) is 11.0. The van der Waals surface area contributed by atoms with Crippen LogP contribution in [0.15, 0.2) is 42.5 Å². The Morgan fingerprint density at radius 3 is 2.73 bits per heavy atom. The van der Waals surface area contributed by atoms with Crippen molar-refractivity contribution in [2.45, 2.75) is 13.0 Å². The molecule has 0 aromatic heterocycles. The van der Waals surface area contributed by atoms with Gasteiger partial charge in [0.15, 0.2) is 0 Å². The zero-order chi connectivity index (χ0) is 11.1. The van der Waals surface area contributed by atoms with Crippen LogP contribution in [0.4, 0.5) is 0 Å². The van der Waals surface area contributed by atoms with Crippen LogP contribution in [0, 0.1) is 0 Å². The Balaban J connectivity index is 2.56. The molecule has 80 valence electrons. The van der Waals surface area contributed by atoms with Crippen molar-refractivity contribution < 1.29 is 14.6 Å². The molecular weight excluding hydrogens is 192 g/mol. The van der Waals surface area contributed by atoms with E-state index >= 15 is 0 Å². The van der Waals surface area contributed by atoms with Crippen molar-refractivity contribution in [2.24, 2.45) is 0 Å². The van der Waals surface area contributed by atoms with E-state index in [-0.39, 0.29) is 0 Å². The van der Waals surface area contributed by atoms with Crippen LogP contribution < -0.4 is 0 Å². The minimum Gasteiger partial charge on any atom is -0.463 e. The fraction of sp³-hybridized carbons (Fsp3) is 0.250. The van der Waals surface area contributed by atoms with E-state index < -0.39 is 12.1 Å². The summed E-state index contributed by atoms with van der Waals surface area (Å²) in [6.45, 7) is 2.07. The van der Waals surface area contributed by atoms with Crippen LogP contribution in [0.2, 0.25) is 0 Å². The van der Waals surface area contributed by atoms with E-state index in [0.29, 0.717) is 6.61 Å². The lowest BCUT2D eigenvalue weighted by Crippen LogP contribution is -2.00. The van der Waals surface area contributed by atoms with Crippen LogP contribution in [0.5, 0.6) is 0 Å². The first-order valence-corrected chi connectivity index (χ1v) is 4.82. The third kappa shape index (κ3) is 3.95. The van der Waals surface area contributed by atoms with Crippen LogP contribution in [0.1, 0.15) is 18.6 Å². The number of benzene rings is 1. The van der Waals surface area contributed by atoms with Crippen molar-refractivity contribution in [1.29, 1.82) is 0 Å². The highest BCUT2D eigenvalue weighted by Gasteiger charge is 2.02. The van der Waals surface area contributed by atoms with Gasteiger partial charge in [0.25, 0.3) is 0 Å². The summed E-state index contributed by atoms with van der Waals surface area (Å²) in [6, 6.07) is 9.11. The monoisotopic (exact) mass is 206 g/mol. The first kappa shape index (κ1) is 11.5. The second-order valence-corrected chi connectivity index (χ2v) is 2.97. The second-order valence-electron chi connectivity index (χ2n) is 2.97. The lowest BCUT2D eigenvalue weighted by Gasteiger charge is -2.04. The maximum Gasteiger partial charge on any atom is 0.330 e. The average molecular weight is 206 g/mol. The molecule has 0 saturated heterocycles. The molecule has 0 amide bonds. The van der Waals surface area contributed by atoms with E-state index in [1.807, 2.05) is 18.2 Å². The molecule has 0 radical (unpaired) electrons. The summed E-state index contributed by atoms with van der Waals surface area (Å²) in [7, 11) is 0. The van der Waals surface area contributed by atoms with Gasteiger partial charge in [-0.3, -0.25) is 0 Å². The topological polar surface area (TPSA) is 46.5 Å². The number of rotatable bonds is 4. The maximum absolute atomic E-state index is 11.0. The van der Waals surface area contributed by atoms with Crippen molar-refractivity contribution >= 4 is 5.97 Å². The summed E-state index contributed by atoms with van der Waals surface area (Å²) in [5.74, 6) is -0.438. The number of carbonyl (C=O) groups excluding carboxylic acids is 1. The minimum absolute atomic E-state index is 0.338. The van der Waals surface area contributed by atoms with Gasteiger partial charge in [0.1, 0.15) is 0 Å². The molecule has 0 bridgehead atoms. The third-order valence-corrected chi connectivity index (χ3v) is 1.84. The lowest BCUT2D eigenvalue weighted by molar-refractivity contribution is -0.137. The van der Waals surface area contributed by atoms with E-state index in [0.717, 1.165) is 5.56 Å². The lowest BCUT2D eigenvalue weighted by atomic mass is 10.1. The van der Waals surface area contributed by atoms with E-state index in [1.54, 1.807) is 19.1 Å². The molecule has 0 spiro atoms. The van der Waals surface area contributed by atoms with Crippen molar-refractivity contribution in [3.63, 3.8) is 0 Å². The molecule has 0 unspecified atom stereocenters. The molecule has 1 aromatic rings. The first-order chi connectivity index (χ1) is 7.24. The van der Waals surface area contributed by atoms with Gasteiger partial charge in [0.2, 0.25) is 0 Å². The number of aliphatic hydroxyl groups is 1. The quantitative estimate of drug-likeness (QED) is 0.604. The molecule has 0 aliphatic carbocycles. The minimum atomic E-state index is -0.768. The van der Waals surface area contributed by atoms with Gasteiger partial charge < -0.3 is 9.84 Å². The van der Waals surface area contributed by atoms with Gasteiger partial charge in [-0.15, -0.1) is 0 Å². The van der Waals surface area contributed by atoms with Crippen LogP contribution in [0.3, 0.4) is 0 Å². The zero-order valence-corrected chi connectivity index (χ0v) is 8.59. The highest BCUT2D eigenvalue weighted by molar-refractivity contribution is 5.81. The van der Waals surface area contributed by atoms with Gasteiger partial charge in [-0.1, -0.05) is 30.3 Å². The first-order valence-electron chi connectivity index (χ1n) is 4.82. The molecule has 1 atom stereocenters. The Bertz CT molecular complexity index is 330. The molecule has 0 saturated carbocycles.